The van der Waals surface area contributed by atoms with Crippen LogP contribution < -0.4 is 0 Å². The first-order valence-corrected chi connectivity index (χ1v) is 4.77. The monoisotopic (exact) mass is 183 g/mol. The van der Waals surface area contributed by atoms with E-state index in [0.29, 0.717) is 5.92 Å². The van der Waals surface area contributed by atoms with Crippen LogP contribution in [0.5, 0.6) is 0 Å². The van der Waals surface area contributed by atoms with Gasteiger partial charge in [-0.05, 0) is 26.2 Å². The molecule has 1 aliphatic carbocycles. The lowest BCUT2D eigenvalue weighted by atomic mass is 9.96. The molecule has 0 saturated heterocycles. The van der Waals surface area contributed by atoms with Gasteiger partial charge in [-0.2, -0.15) is 0 Å². The van der Waals surface area contributed by atoms with Gasteiger partial charge in [0.15, 0.2) is 0 Å². The molecule has 74 valence electrons. The van der Waals surface area contributed by atoms with E-state index in [9.17, 15) is 0 Å². The first-order chi connectivity index (χ1) is 6.29. The molecule has 2 atom stereocenters. The molecule has 0 spiro atoms. The fourth-order valence-corrected chi connectivity index (χ4v) is 1.23. The van der Waals surface area contributed by atoms with Gasteiger partial charge in [0.25, 0.3) is 0 Å². The Hall–Kier alpha value is -0.830. The van der Waals surface area contributed by atoms with Gasteiger partial charge in [0.2, 0.25) is 0 Å². The highest BCUT2D eigenvalue weighted by Crippen LogP contribution is 2.15. The lowest BCUT2D eigenvalue weighted by Crippen LogP contribution is -2.09. The lowest BCUT2D eigenvalue weighted by molar-refractivity contribution is 0.0501. The van der Waals surface area contributed by atoms with Crippen molar-refractivity contribution in [2.24, 2.45) is 11.1 Å². The standard InChI is InChI=1S/C10H17NO2/c1-9(12)8-13-11-7-10-5-3-2-4-6-10/h2-3,7,9-10,12H,4-6,8H2,1H3/b11-7+. The van der Waals surface area contributed by atoms with Crippen molar-refractivity contribution in [1.29, 1.82) is 0 Å². The van der Waals surface area contributed by atoms with Gasteiger partial charge in [-0.15, -0.1) is 0 Å². The van der Waals surface area contributed by atoms with Crippen molar-refractivity contribution in [3.63, 3.8) is 0 Å². The van der Waals surface area contributed by atoms with Crippen molar-refractivity contribution >= 4 is 6.21 Å². The van der Waals surface area contributed by atoms with Crippen LogP contribution in [0.25, 0.3) is 0 Å². The predicted octanol–water partition coefficient (Wildman–Crippen LogP) is 1.73. The average Bonchev–Trinajstić information content (AvgIpc) is 2.14. The SMILES string of the molecule is CC(O)CO/N=C/C1CC=CCC1. The topological polar surface area (TPSA) is 41.8 Å². The first kappa shape index (κ1) is 10.3. The smallest absolute Gasteiger partial charge is 0.142 e. The Labute approximate surface area is 79.1 Å². The molecular weight excluding hydrogens is 166 g/mol. The molecule has 3 heteroatoms. The van der Waals surface area contributed by atoms with Crippen LogP contribution in [0.2, 0.25) is 0 Å². The third kappa shape index (κ3) is 4.68. The van der Waals surface area contributed by atoms with Crippen molar-refractivity contribution in [1.82, 2.24) is 0 Å². The second-order valence-corrected chi connectivity index (χ2v) is 3.44. The van der Waals surface area contributed by atoms with E-state index in [-0.39, 0.29) is 6.61 Å². The maximum Gasteiger partial charge on any atom is 0.142 e. The van der Waals surface area contributed by atoms with Gasteiger partial charge in [-0.3, -0.25) is 0 Å². The predicted molar refractivity (Wildman–Crippen MR) is 52.6 cm³/mol. The highest BCUT2D eigenvalue weighted by Gasteiger charge is 2.06. The van der Waals surface area contributed by atoms with Crippen LogP contribution in [0.1, 0.15) is 26.2 Å². The van der Waals surface area contributed by atoms with Crippen molar-refractivity contribution in [3.8, 4) is 0 Å². The molecule has 0 aliphatic heterocycles. The Bertz CT molecular complexity index is 187. The summed E-state index contributed by atoms with van der Waals surface area (Å²) in [7, 11) is 0. The van der Waals surface area contributed by atoms with E-state index < -0.39 is 6.10 Å². The van der Waals surface area contributed by atoms with E-state index in [1.807, 2.05) is 6.21 Å². The summed E-state index contributed by atoms with van der Waals surface area (Å²) in [6.45, 7) is 1.96. The Morgan fingerprint density at radius 1 is 1.69 bits per heavy atom. The van der Waals surface area contributed by atoms with E-state index in [4.69, 9.17) is 9.94 Å². The number of hydrogen-bond acceptors (Lipinski definition) is 3. The minimum Gasteiger partial charge on any atom is -0.393 e. The highest BCUT2D eigenvalue weighted by atomic mass is 16.6. The Morgan fingerprint density at radius 2 is 2.54 bits per heavy atom. The summed E-state index contributed by atoms with van der Waals surface area (Å²) in [6.07, 6.45) is 9.11. The lowest BCUT2D eigenvalue weighted by Gasteiger charge is -2.11. The molecule has 13 heavy (non-hydrogen) atoms. The molecule has 1 rings (SSSR count). The molecule has 0 aromatic carbocycles. The molecule has 0 heterocycles. The molecule has 2 unspecified atom stereocenters. The summed E-state index contributed by atoms with van der Waals surface area (Å²) >= 11 is 0. The number of allylic oxidation sites excluding steroid dienone is 2. The largest absolute Gasteiger partial charge is 0.393 e. The number of hydrogen-bond donors (Lipinski definition) is 1. The normalized spacial score (nSPS) is 24.9. The van der Waals surface area contributed by atoms with Crippen molar-refractivity contribution < 1.29 is 9.94 Å². The number of aliphatic hydroxyl groups excluding tert-OH is 1. The maximum absolute atomic E-state index is 8.88. The van der Waals surface area contributed by atoms with Gasteiger partial charge in [0.1, 0.15) is 6.61 Å². The van der Waals surface area contributed by atoms with Gasteiger partial charge in [-0.1, -0.05) is 17.3 Å². The molecule has 0 amide bonds. The number of rotatable bonds is 4. The second kappa shape index (κ2) is 5.75. The van der Waals surface area contributed by atoms with Crippen LogP contribution in [0.4, 0.5) is 0 Å². The van der Waals surface area contributed by atoms with Crippen LogP contribution in [0.3, 0.4) is 0 Å². The minimum atomic E-state index is -0.441. The molecule has 0 saturated carbocycles. The zero-order chi connectivity index (χ0) is 9.52. The van der Waals surface area contributed by atoms with Gasteiger partial charge in [0.05, 0.1) is 6.10 Å². The third-order valence-corrected chi connectivity index (χ3v) is 1.97. The number of oxime groups is 1. The van der Waals surface area contributed by atoms with E-state index >= 15 is 0 Å². The van der Waals surface area contributed by atoms with Crippen LogP contribution in [0, 0.1) is 5.92 Å². The molecular formula is C10H17NO2. The van der Waals surface area contributed by atoms with Crippen molar-refractivity contribution in [3.05, 3.63) is 12.2 Å². The van der Waals surface area contributed by atoms with Crippen LogP contribution in [-0.4, -0.2) is 24.0 Å². The first-order valence-electron chi connectivity index (χ1n) is 4.77. The molecule has 0 bridgehead atoms. The van der Waals surface area contributed by atoms with Gasteiger partial charge < -0.3 is 9.94 Å². The molecule has 0 fully saturated rings. The zero-order valence-corrected chi connectivity index (χ0v) is 8.02. The zero-order valence-electron chi connectivity index (χ0n) is 8.02. The summed E-state index contributed by atoms with van der Waals surface area (Å²) in [6, 6.07) is 0. The molecule has 0 aromatic heterocycles. The van der Waals surface area contributed by atoms with Crippen LogP contribution in [0.15, 0.2) is 17.3 Å². The highest BCUT2D eigenvalue weighted by molar-refractivity contribution is 5.60. The Morgan fingerprint density at radius 3 is 3.15 bits per heavy atom. The molecule has 1 N–H and O–H groups in total. The molecule has 0 aromatic rings. The van der Waals surface area contributed by atoms with Gasteiger partial charge in [-0.25, -0.2) is 0 Å². The summed E-state index contributed by atoms with van der Waals surface area (Å²) in [5.74, 6) is 0.513. The van der Waals surface area contributed by atoms with E-state index in [2.05, 4.69) is 17.3 Å². The second-order valence-electron chi connectivity index (χ2n) is 3.44. The number of nitrogens with zero attached hydrogens (tertiary/aromatic N) is 1. The minimum absolute atomic E-state index is 0.277. The van der Waals surface area contributed by atoms with Crippen LogP contribution in [-0.2, 0) is 4.84 Å². The van der Waals surface area contributed by atoms with Crippen LogP contribution >= 0.6 is 0 Å². The average molecular weight is 183 g/mol. The van der Waals surface area contributed by atoms with E-state index in [1.165, 1.54) is 0 Å². The third-order valence-electron chi connectivity index (χ3n) is 1.97. The molecule has 0 radical (unpaired) electrons. The summed E-state index contributed by atoms with van der Waals surface area (Å²) in [4.78, 5) is 4.89. The number of aliphatic hydroxyl groups is 1. The van der Waals surface area contributed by atoms with Crippen molar-refractivity contribution in [2.75, 3.05) is 6.61 Å². The quantitative estimate of drug-likeness (QED) is 0.409. The summed E-state index contributed by atoms with van der Waals surface area (Å²) in [5, 5.41) is 12.7. The van der Waals surface area contributed by atoms with E-state index in [1.54, 1.807) is 6.92 Å². The Balaban J connectivity index is 2.12. The summed E-state index contributed by atoms with van der Waals surface area (Å²) < 4.78 is 0. The van der Waals surface area contributed by atoms with Crippen molar-refractivity contribution in [2.45, 2.75) is 32.3 Å². The summed E-state index contributed by atoms with van der Waals surface area (Å²) in [5.41, 5.74) is 0. The Kier molecular flexibility index (Phi) is 4.54. The maximum atomic E-state index is 8.88. The fraction of sp³-hybridized carbons (Fsp3) is 0.700. The molecule has 1 aliphatic rings. The molecule has 3 nitrogen and oxygen atoms in total. The van der Waals surface area contributed by atoms with Gasteiger partial charge in [0, 0.05) is 12.1 Å². The fourth-order valence-electron chi connectivity index (χ4n) is 1.23. The van der Waals surface area contributed by atoms with Gasteiger partial charge >= 0.3 is 0 Å². The van der Waals surface area contributed by atoms with E-state index in [0.717, 1.165) is 19.3 Å².